The number of halogens is 3. The van der Waals surface area contributed by atoms with Gasteiger partial charge in [-0.05, 0) is 17.7 Å². The molecule has 7 heteroatoms. The average molecular weight is 351 g/mol. The van der Waals surface area contributed by atoms with Crippen molar-refractivity contribution < 1.29 is 18.3 Å². The third kappa shape index (κ3) is 4.49. The van der Waals surface area contributed by atoms with E-state index in [1.54, 1.807) is 0 Å². The van der Waals surface area contributed by atoms with E-state index in [-0.39, 0.29) is 12.4 Å². The smallest absolute Gasteiger partial charge is 0.390 e. The maximum Gasteiger partial charge on any atom is 0.419 e. The van der Waals surface area contributed by atoms with Crippen LogP contribution in [0.3, 0.4) is 0 Å². The second-order valence-electron chi connectivity index (χ2n) is 6.19. The molecule has 2 aromatic rings. The van der Waals surface area contributed by atoms with Gasteiger partial charge in [-0.3, -0.25) is 4.90 Å². The summed E-state index contributed by atoms with van der Waals surface area (Å²) < 4.78 is 39.7. The summed E-state index contributed by atoms with van der Waals surface area (Å²) in [7, 11) is 0. The zero-order valence-corrected chi connectivity index (χ0v) is 13.7. The lowest BCUT2D eigenvalue weighted by molar-refractivity contribution is -0.137. The third-order valence-corrected chi connectivity index (χ3v) is 4.23. The molecular formula is C18H20F3N3O. The number of β-amino-alcohol motifs (C(OH)–C–C–N with tert-alkyl or cyclic N) is 1. The van der Waals surface area contributed by atoms with Crippen molar-refractivity contribution in [3.63, 3.8) is 0 Å². The van der Waals surface area contributed by atoms with Crippen molar-refractivity contribution in [1.82, 2.24) is 9.88 Å². The lowest BCUT2D eigenvalue weighted by Crippen LogP contribution is -2.34. The first-order valence-electron chi connectivity index (χ1n) is 8.15. The molecule has 4 nitrogen and oxygen atoms in total. The predicted octanol–water partition coefficient (Wildman–Crippen LogP) is 2.78. The molecule has 0 saturated carbocycles. The minimum absolute atomic E-state index is 0.115. The van der Waals surface area contributed by atoms with Crippen molar-refractivity contribution in [3.05, 3.63) is 59.8 Å². The van der Waals surface area contributed by atoms with E-state index in [1.165, 1.54) is 17.2 Å². The Labute approximate surface area is 144 Å². The maximum absolute atomic E-state index is 13.2. The van der Waals surface area contributed by atoms with Crippen molar-refractivity contribution in [3.8, 4) is 0 Å². The summed E-state index contributed by atoms with van der Waals surface area (Å²) >= 11 is 0. The summed E-state index contributed by atoms with van der Waals surface area (Å²) in [6, 6.07) is 12.1. The van der Waals surface area contributed by atoms with Crippen molar-refractivity contribution in [2.45, 2.75) is 18.8 Å². The molecule has 0 amide bonds. The molecule has 1 aliphatic heterocycles. The first kappa shape index (κ1) is 17.7. The molecule has 1 saturated heterocycles. The Morgan fingerprint density at radius 2 is 1.80 bits per heavy atom. The van der Waals surface area contributed by atoms with Gasteiger partial charge >= 0.3 is 6.18 Å². The summed E-state index contributed by atoms with van der Waals surface area (Å²) in [5, 5.41) is 10.3. The predicted molar refractivity (Wildman–Crippen MR) is 89.2 cm³/mol. The first-order valence-corrected chi connectivity index (χ1v) is 8.15. The second-order valence-corrected chi connectivity index (χ2v) is 6.19. The number of rotatable bonds is 3. The molecule has 0 unspecified atom stereocenters. The van der Waals surface area contributed by atoms with Gasteiger partial charge in [-0.2, -0.15) is 13.2 Å². The summed E-state index contributed by atoms with van der Waals surface area (Å²) in [4.78, 5) is 7.51. The van der Waals surface area contributed by atoms with Crippen LogP contribution in [0.15, 0.2) is 48.7 Å². The van der Waals surface area contributed by atoms with Gasteiger partial charge in [0.1, 0.15) is 5.82 Å². The Hall–Kier alpha value is -2.12. The van der Waals surface area contributed by atoms with Gasteiger partial charge in [0.2, 0.25) is 0 Å². The Kier molecular flexibility index (Phi) is 5.24. The third-order valence-electron chi connectivity index (χ3n) is 4.23. The minimum atomic E-state index is -4.47. The molecule has 1 N–H and O–H groups in total. The van der Waals surface area contributed by atoms with Gasteiger partial charge in [-0.15, -0.1) is 0 Å². The van der Waals surface area contributed by atoms with Crippen LogP contribution in [-0.2, 0) is 12.7 Å². The van der Waals surface area contributed by atoms with Crippen LogP contribution in [0, 0.1) is 0 Å². The van der Waals surface area contributed by atoms with Crippen LogP contribution in [0.4, 0.5) is 19.0 Å². The lowest BCUT2D eigenvalue weighted by atomic mass is 10.2. The highest BCUT2D eigenvalue weighted by atomic mass is 19.4. The molecule has 1 aromatic carbocycles. The molecule has 25 heavy (non-hydrogen) atoms. The van der Waals surface area contributed by atoms with Crippen molar-refractivity contribution >= 4 is 5.82 Å². The fourth-order valence-electron chi connectivity index (χ4n) is 3.10. The average Bonchev–Trinajstić information content (AvgIpc) is 2.76. The molecule has 134 valence electrons. The molecule has 1 aromatic heterocycles. The highest BCUT2D eigenvalue weighted by Crippen LogP contribution is 2.35. The number of benzene rings is 1. The zero-order valence-electron chi connectivity index (χ0n) is 13.7. The van der Waals surface area contributed by atoms with Gasteiger partial charge in [0.25, 0.3) is 0 Å². The summed E-state index contributed by atoms with van der Waals surface area (Å²) in [6.07, 6.45) is -3.86. The van der Waals surface area contributed by atoms with Crippen LogP contribution in [0.2, 0.25) is 0 Å². The molecular weight excluding hydrogens is 331 g/mol. The number of aliphatic hydroxyl groups is 1. The molecule has 3 rings (SSSR count). The van der Waals surface area contributed by atoms with Crippen molar-refractivity contribution in [2.24, 2.45) is 0 Å². The van der Waals surface area contributed by atoms with Crippen molar-refractivity contribution in [2.75, 3.05) is 31.1 Å². The summed E-state index contributed by atoms with van der Waals surface area (Å²) in [6.45, 7) is 2.13. The topological polar surface area (TPSA) is 39.6 Å². The van der Waals surface area contributed by atoms with Gasteiger partial charge < -0.3 is 10.0 Å². The van der Waals surface area contributed by atoms with Gasteiger partial charge in [-0.25, -0.2) is 4.98 Å². The molecule has 0 aliphatic carbocycles. The van der Waals surface area contributed by atoms with Crippen LogP contribution in [0.5, 0.6) is 0 Å². The van der Waals surface area contributed by atoms with E-state index in [0.717, 1.165) is 11.6 Å². The Bertz CT molecular complexity index is 693. The fourth-order valence-corrected chi connectivity index (χ4v) is 3.10. The van der Waals surface area contributed by atoms with Crippen LogP contribution in [0.25, 0.3) is 0 Å². The van der Waals surface area contributed by atoms with Gasteiger partial charge in [0.05, 0.1) is 11.7 Å². The van der Waals surface area contributed by atoms with Crippen LogP contribution >= 0.6 is 0 Å². The zero-order chi connectivity index (χ0) is 17.9. The van der Waals surface area contributed by atoms with Crippen LogP contribution < -0.4 is 4.90 Å². The molecule has 0 spiro atoms. The lowest BCUT2D eigenvalue weighted by Gasteiger charge is -2.25. The normalized spacial score (nSPS) is 19.7. The Morgan fingerprint density at radius 1 is 1.04 bits per heavy atom. The molecule has 2 heterocycles. The summed E-state index contributed by atoms with van der Waals surface area (Å²) in [5.41, 5.74) is 0.343. The number of anilines is 1. The van der Waals surface area contributed by atoms with E-state index < -0.39 is 17.8 Å². The standard InChI is InChI=1S/C18H20F3N3O/c19-18(20,21)16-7-4-8-22-17(16)24-10-9-23(12-15(25)13-24)11-14-5-2-1-3-6-14/h1-8,15,25H,9-13H2/t15-/m0/s1. The Balaban J connectivity index is 1.76. The number of aliphatic hydroxyl groups excluding tert-OH is 1. The number of aromatic nitrogens is 1. The number of pyridine rings is 1. The van der Waals surface area contributed by atoms with E-state index in [1.807, 2.05) is 30.3 Å². The number of hydrogen-bond acceptors (Lipinski definition) is 4. The van der Waals surface area contributed by atoms with Gasteiger partial charge in [0, 0.05) is 38.9 Å². The molecule has 1 atom stereocenters. The van der Waals surface area contributed by atoms with E-state index in [2.05, 4.69) is 9.88 Å². The number of alkyl halides is 3. The van der Waals surface area contributed by atoms with Crippen molar-refractivity contribution in [1.29, 1.82) is 0 Å². The van der Waals surface area contributed by atoms with E-state index in [9.17, 15) is 18.3 Å². The molecule has 0 radical (unpaired) electrons. The van der Waals surface area contributed by atoms with Crippen LogP contribution in [-0.4, -0.2) is 47.3 Å². The van der Waals surface area contributed by atoms with Gasteiger partial charge in [-0.1, -0.05) is 30.3 Å². The highest BCUT2D eigenvalue weighted by Gasteiger charge is 2.36. The largest absolute Gasteiger partial charge is 0.419 e. The molecule has 1 fully saturated rings. The molecule has 0 bridgehead atoms. The minimum Gasteiger partial charge on any atom is -0.390 e. The second kappa shape index (κ2) is 7.41. The van der Waals surface area contributed by atoms with E-state index in [4.69, 9.17) is 0 Å². The first-order chi connectivity index (χ1) is 11.9. The molecule has 1 aliphatic rings. The maximum atomic E-state index is 13.2. The Morgan fingerprint density at radius 3 is 2.52 bits per heavy atom. The quantitative estimate of drug-likeness (QED) is 0.923. The summed E-state index contributed by atoms with van der Waals surface area (Å²) in [5.74, 6) is -0.115. The van der Waals surface area contributed by atoms with Gasteiger partial charge in [0.15, 0.2) is 0 Å². The van der Waals surface area contributed by atoms with E-state index in [0.29, 0.717) is 26.2 Å². The number of hydrogen-bond donors (Lipinski definition) is 1. The number of nitrogens with zero attached hydrogens (tertiary/aromatic N) is 3. The SMILES string of the molecule is O[C@H]1CN(Cc2ccccc2)CCN(c2ncccc2C(F)(F)F)C1. The van der Waals surface area contributed by atoms with Crippen LogP contribution in [0.1, 0.15) is 11.1 Å². The van der Waals surface area contributed by atoms with E-state index >= 15 is 0 Å². The monoisotopic (exact) mass is 351 g/mol. The highest BCUT2D eigenvalue weighted by molar-refractivity contribution is 5.48. The fraction of sp³-hybridized carbons (Fsp3) is 0.389.